The van der Waals surface area contributed by atoms with Gasteiger partial charge in [-0.1, -0.05) is 13.8 Å². The molecule has 2 heterocycles. The molecule has 0 aliphatic heterocycles. The Morgan fingerprint density at radius 2 is 1.85 bits per heavy atom. The van der Waals surface area contributed by atoms with Crippen molar-refractivity contribution >= 4 is 21.7 Å². The van der Waals surface area contributed by atoms with Gasteiger partial charge >= 0.3 is 0 Å². The molecule has 2 aromatic heterocycles. The summed E-state index contributed by atoms with van der Waals surface area (Å²) in [5, 5.41) is 0. The molecule has 0 bridgehead atoms. The lowest BCUT2D eigenvalue weighted by atomic mass is 10.2. The number of pyridine rings is 1. The predicted octanol–water partition coefficient (Wildman–Crippen LogP) is 3.33. The molecule has 0 atom stereocenters. The number of rotatable bonds is 0. The zero-order valence-corrected chi connectivity index (χ0v) is 9.27. The van der Waals surface area contributed by atoms with Crippen LogP contribution in [-0.4, -0.2) is 9.97 Å². The second kappa shape index (κ2) is 4.33. The van der Waals surface area contributed by atoms with Gasteiger partial charge in [-0.15, -0.1) is 11.3 Å². The molecule has 0 aromatic carbocycles. The van der Waals surface area contributed by atoms with E-state index in [0.29, 0.717) is 0 Å². The summed E-state index contributed by atoms with van der Waals surface area (Å²) in [4.78, 5) is 9.53. The number of fused-ring (bicyclic) bond motifs is 1. The van der Waals surface area contributed by atoms with Crippen molar-refractivity contribution in [2.24, 2.45) is 0 Å². The van der Waals surface area contributed by atoms with Gasteiger partial charge in [0.2, 0.25) is 0 Å². The Morgan fingerprint density at radius 1 is 1.15 bits per heavy atom. The predicted molar refractivity (Wildman–Crippen MR) is 58.2 cm³/mol. The summed E-state index contributed by atoms with van der Waals surface area (Å²) >= 11 is 1.59. The van der Waals surface area contributed by atoms with Crippen LogP contribution in [0.15, 0.2) is 11.7 Å². The lowest BCUT2D eigenvalue weighted by Crippen LogP contribution is -1.84. The van der Waals surface area contributed by atoms with Gasteiger partial charge < -0.3 is 0 Å². The monoisotopic (exact) mass is 194 g/mol. The van der Waals surface area contributed by atoms with Crippen molar-refractivity contribution in [3.8, 4) is 0 Å². The summed E-state index contributed by atoms with van der Waals surface area (Å²) in [6.45, 7) is 8.14. The van der Waals surface area contributed by atoms with Crippen LogP contribution in [0.25, 0.3) is 10.3 Å². The average Bonchev–Trinajstić information content (AvgIpc) is 2.63. The number of aromatic nitrogens is 2. The van der Waals surface area contributed by atoms with Gasteiger partial charge in [0.05, 0.1) is 5.51 Å². The smallest absolute Gasteiger partial charge is 0.143 e. The first kappa shape index (κ1) is 10.1. The average molecular weight is 194 g/mol. The van der Waals surface area contributed by atoms with E-state index in [9.17, 15) is 0 Å². The fourth-order valence-electron chi connectivity index (χ4n) is 1.03. The third-order valence-corrected chi connectivity index (χ3v) is 2.60. The van der Waals surface area contributed by atoms with Gasteiger partial charge in [-0.05, 0) is 25.0 Å². The molecule has 3 heteroatoms. The summed E-state index contributed by atoms with van der Waals surface area (Å²) in [5.74, 6) is 0. The van der Waals surface area contributed by atoms with E-state index in [2.05, 4.69) is 23.8 Å². The van der Waals surface area contributed by atoms with Crippen LogP contribution in [0.3, 0.4) is 0 Å². The maximum atomic E-state index is 4.26. The first-order valence-corrected chi connectivity index (χ1v) is 5.32. The van der Waals surface area contributed by atoms with E-state index in [0.717, 1.165) is 10.3 Å². The minimum Gasteiger partial charge on any atom is -0.243 e. The number of thiazole rings is 1. The fourth-order valence-corrected chi connectivity index (χ4v) is 1.72. The van der Waals surface area contributed by atoms with Crippen LogP contribution in [0.5, 0.6) is 0 Å². The van der Waals surface area contributed by atoms with Crippen LogP contribution in [0.2, 0.25) is 0 Å². The molecule has 13 heavy (non-hydrogen) atoms. The van der Waals surface area contributed by atoms with E-state index in [1.807, 2.05) is 25.6 Å². The van der Waals surface area contributed by atoms with Gasteiger partial charge in [-0.2, -0.15) is 0 Å². The lowest BCUT2D eigenvalue weighted by Gasteiger charge is -1.97. The van der Waals surface area contributed by atoms with E-state index in [4.69, 9.17) is 0 Å². The highest BCUT2D eigenvalue weighted by Gasteiger charge is 2.02. The summed E-state index contributed by atoms with van der Waals surface area (Å²) in [5.41, 5.74) is 5.35. The van der Waals surface area contributed by atoms with Crippen LogP contribution >= 0.6 is 11.3 Å². The summed E-state index contributed by atoms with van der Waals surface area (Å²) < 4.78 is 0. The molecule has 0 fully saturated rings. The van der Waals surface area contributed by atoms with Crippen molar-refractivity contribution < 1.29 is 0 Å². The van der Waals surface area contributed by atoms with Crippen molar-refractivity contribution in [1.29, 1.82) is 0 Å². The molecule has 0 saturated carbocycles. The Balaban J connectivity index is 0.000000396. The Hall–Kier alpha value is -0.960. The molecule has 70 valence electrons. The number of nitrogens with zero attached hydrogens (tertiary/aromatic N) is 2. The highest BCUT2D eigenvalue weighted by atomic mass is 32.1. The Bertz CT molecular complexity index is 393. The van der Waals surface area contributed by atoms with Crippen molar-refractivity contribution in [1.82, 2.24) is 9.97 Å². The van der Waals surface area contributed by atoms with Crippen LogP contribution in [-0.2, 0) is 0 Å². The number of hydrogen-bond donors (Lipinski definition) is 0. The molecule has 2 rings (SSSR count). The van der Waals surface area contributed by atoms with Crippen LogP contribution in [0, 0.1) is 13.8 Å². The number of hydrogen-bond acceptors (Lipinski definition) is 3. The van der Waals surface area contributed by atoms with Gasteiger partial charge in [0.25, 0.3) is 0 Å². The molecule has 0 amide bonds. The zero-order valence-electron chi connectivity index (χ0n) is 8.46. The Kier molecular flexibility index (Phi) is 3.37. The highest BCUT2D eigenvalue weighted by molar-refractivity contribution is 7.16. The molecule has 2 aromatic rings. The minimum atomic E-state index is 1.04. The van der Waals surface area contributed by atoms with Crippen LogP contribution in [0.1, 0.15) is 25.0 Å². The van der Waals surface area contributed by atoms with Gasteiger partial charge in [-0.3, -0.25) is 0 Å². The Labute approximate surface area is 82.7 Å². The molecule has 0 N–H and O–H groups in total. The maximum Gasteiger partial charge on any atom is 0.143 e. The zero-order chi connectivity index (χ0) is 9.84. The van der Waals surface area contributed by atoms with E-state index in [1.54, 1.807) is 11.3 Å². The molecule has 0 aliphatic rings. The van der Waals surface area contributed by atoms with E-state index in [-0.39, 0.29) is 0 Å². The van der Waals surface area contributed by atoms with E-state index >= 15 is 0 Å². The third kappa shape index (κ3) is 1.86. The molecular formula is C10H14N2S. The van der Waals surface area contributed by atoms with E-state index in [1.165, 1.54) is 11.1 Å². The minimum absolute atomic E-state index is 1.04. The van der Waals surface area contributed by atoms with Gasteiger partial charge in [-0.25, -0.2) is 9.97 Å². The largest absolute Gasteiger partial charge is 0.243 e. The van der Waals surface area contributed by atoms with Gasteiger partial charge in [0.15, 0.2) is 0 Å². The maximum absolute atomic E-state index is 4.26. The van der Waals surface area contributed by atoms with Gasteiger partial charge in [0, 0.05) is 6.20 Å². The van der Waals surface area contributed by atoms with Crippen LogP contribution < -0.4 is 0 Å². The molecule has 0 aliphatic carbocycles. The topological polar surface area (TPSA) is 25.8 Å². The SMILES string of the molecule is CC.Cc1cnc2scnc2c1C. The van der Waals surface area contributed by atoms with E-state index < -0.39 is 0 Å². The highest BCUT2D eigenvalue weighted by Crippen LogP contribution is 2.20. The van der Waals surface area contributed by atoms with Crippen molar-refractivity contribution in [3.63, 3.8) is 0 Å². The van der Waals surface area contributed by atoms with Crippen molar-refractivity contribution in [3.05, 3.63) is 22.8 Å². The van der Waals surface area contributed by atoms with Crippen LogP contribution in [0.4, 0.5) is 0 Å². The first-order valence-electron chi connectivity index (χ1n) is 4.44. The second-order valence-electron chi connectivity index (χ2n) is 2.57. The molecule has 2 nitrogen and oxygen atoms in total. The normalized spacial score (nSPS) is 9.54. The quantitative estimate of drug-likeness (QED) is 0.643. The summed E-state index contributed by atoms with van der Waals surface area (Å²) in [6.07, 6.45) is 1.90. The lowest BCUT2D eigenvalue weighted by molar-refractivity contribution is 1.27. The van der Waals surface area contributed by atoms with Crippen molar-refractivity contribution in [2.45, 2.75) is 27.7 Å². The van der Waals surface area contributed by atoms with Gasteiger partial charge in [0.1, 0.15) is 10.3 Å². The Morgan fingerprint density at radius 3 is 2.54 bits per heavy atom. The molecule has 0 spiro atoms. The third-order valence-electron chi connectivity index (χ3n) is 1.87. The first-order chi connectivity index (χ1) is 6.29. The summed E-state index contributed by atoms with van der Waals surface area (Å²) in [6, 6.07) is 0. The fraction of sp³-hybridized carbons (Fsp3) is 0.400. The molecule has 0 radical (unpaired) electrons. The molecule has 0 saturated heterocycles. The molecule has 0 unspecified atom stereocenters. The number of aryl methyl sites for hydroxylation is 2. The standard InChI is InChI=1S/C8H8N2S.C2H6/c1-5-3-9-8-7(6(5)2)10-4-11-8;1-2/h3-4H,1-2H3;1-2H3. The summed E-state index contributed by atoms with van der Waals surface area (Å²) in [7, 11) is 0. The molecular weight excluding hydrogens is 180 g/mol. The second-order valence-corrected chi connectivity index (χ2v) is 3.41. The van der Waals surface area contributed by atoms with Crippen molar-refractivity contribution in [2.75, 3.05) is 0 Å².